The van der Waals surface area contributed by atoms with Gasteiger partial charge in [0.05, 0.1) is 12.1 Å². The van der Waals surface area contributed by atoms with E-state index in [9.17, 15) is 9.59 Å². The van der Waals surface area contributed by atoms with Gasteiger partial charge in [0.2, 0.25) is 5.91 Å². The van der Waals surface area contributed by atoms with Crippen LogP contribution in [0.1, 0.15) is 23.2 Å². The van der Waals surface area contributed by atoms with Crippen molar-refractivity contribution in [1.82, 2.24) is 15.5 Å². The minimum atomic E-state index is -0.144. The van der Waals surface area contributed by atoms with Gasteiger partial charge in [0.25, 0.3) is 5.91 Å². The van der Waals surface area contributed by atoms with E-state index in [4.69, 9.17) is 5.73 Å². The van der Waals surface area contributed by atoms with Gasteiger partial charge >= 0.3 is 0 Å². The summed E-state index contributed by atoms with van der Waals surface area (Å²) in [6.45, 7) is 2.01. The molecule has 1 aromatic carbocycles. The van der Waals surface area contributed by atoms with Crippen LogP contribution in [0.25, 0.3) is 0 Å². The molecule has 24 heavy (non-hydrogen) atoms. The molecule has 1 heterocycles. The fourth-order valence-corrected chi connectivity index (χ4v) is 2.90. The van der Waals surface area contributed by atoms with Gasteiger partial charge in [-0.05, 0) is 31.0 Å². The van der Waals surface area contributed by atoms with Crippen LogP contribution in [0.15, 0.2) is 22.7 Å². The Labute approximate surface area is 162 Å². The second-order valence-corrected chi connectivity index (χ2v) is 6.34. The van der Waals surface area contributed by atoms with E-state index in [1.54, 1.807) is 25.2 Å². The summed E-state index contributed by atoms with van der Waals surface area (Å²) < 4.78 is 0.851. The highest BCUT2D eigenvalue weighted by atomic mass is 79.9. The zero-order valence-electron chi connectivity index (χ0n) is 13.4. The van der Waals surface area contributed by atoms with Gasteiger partial charge in [0.15, 0.2) is 0 Å². The molecule has 0 spiro atoms. The van der Waals surface area contributed by atoms with Gasteiger partial charge in [0.1, 0.15) is 0 Å². The zero-order valence-corrected chi connectivity index (χ0v) is 16.6. The molecule has 1 aromatic rings. The van der Waals surface area contributed by atoms with Crippen LogP contribution in [0.4, 0.5) is 5.69 Å². The molecule has 0 saturated carbocycles. The average molecular weight is 442 g/mol. The van der Waals surface area contributed by atoms with E-state index in [2.05, 4.69) is 31.5 Å². The van der Waals surface area contributed by atoms with Gasteiger partial charge in [-0.3, -0.25) is 14.5 Å². The summed E-state index contributed by atoms with van der Waals surface area (Å²) in [7, 11) is 1.64. The molecule has 1 aliphatic heterocycles. The molecule has 0 radical (unpaired) electrons. The van der Waals surface area contributed by atoms with Crippen molar-refractivity contribution in [2.45, 2.75) is 18.9 Å². The number of halogens is 3. The second kappa shape index (κ2) is 10.8. The Hall–Kier alpha value is -1.02. The lowest BCUT2D eigenvalue weighted by molar-refractivity contribution is -0.122. The Morgan fingerprint density at radius 3 is 2.46 bits per heavy atom. The number of nitrogens with two attached hydrogens (primary N) is 1. The standard InChI is InChI=1S/C15H21BrN4O2.2ClH/c1-18-14(21)9-20-6-4-11(5-7-20)19-15(22)12-3-2-10(16)8-13(12)17;;/h2-3,8,11H,4-7,9,17H2,1H3,(H,18,21)(H,19,22);2*1H. The van der Waals surface area contributed by atoms with Crippen molar-refractivity contribution in [2.24, 2.45) is 0 Å². The van der Waals surface area contributed by atoms with E-state index in [-0.39, 0.29) is 42.7 Å². The molecular formula is C15H23BrCl2N4O2. The Balaban J connectivity index is 0.00000264. The molecule has 136 valence electrons. The first kappa shape index (κ1) is 23.0. The summed E-state index contributed by atoms with van der Waals surface area (Å²) >= 11 is 3.33. The van der Waals surface area contributed by atoms with Crippen molar-refractivity contribution < 1.29 is 9.59 Å². The molecule has 0 aliphatic carbocycles. The average Bonchev–Trinajstić information content (AvgIpc) is 2.49. The first-order valence-electron chi connectivity index (χ1n) is 7.28. The summed E-state index contributed by atoms with van der Waals surface area (Å²) in [4.78, 5) is 25.7. The molecule has 2 rings (SSSR count). The van der Waals surface area contributed by atoms with Gasteiger partial charge < -0.3 is 16.4 Å². The second-order valence-electron chi connectivity index (χ2n) is 5.43. The van der Waals surface area contributed by atoms with Crippen LogP contribution in [-0.4, -0.2) is 49.4 Å². The van der Waals surface area contributed by atoms with Crippen LogP contribution >= 0.6 is 40.7 Å². The lowest BCUT2D eigenvalue weighted by atomic mass is 10.0. The van der Waals surface area contributed by atoms with Gasteiger partial charge in [-0.25, -0.2) is 0 Å². The number of nitrogens with one attached hydrogen (secondary N) is 2. The topological polar surface area (TPSA) is 87.5 Å². The van der Waals surface area contributed by atoms with E-state index < -0.39 is 0 Å². The van der Waals surface area contributed by atoms with E-state index in [1.807, 2.05) is 0 Å². The molecule has 1 fully saturated rings. The number of benzene rings is 1. The van der Waals surface area contributed by atoms with Crippen LogP contribution in [0.3, 0.4) is 0 Å². The van der Waals surface area contributed by atoms with Crippen molar-refractivity contribution in [1.29, 1.82) is 0 Å². The summed E-state index contributed by atoms with van der Waals surface area (Å²) in [5.41, 5.74) is 6.83. The van der Waals surface area contributed by atoms with Crippen molar-refractivity contribution >= 4 is 58.2 Å². The molecule has 0 atom stereocenters. The summed E-state index contributed by atoms with van der Waals surface area (Å²) in [5, 5.41) is 5.64. The van der Waals surface area contributed by atoms with Crippen LogP contribution in [0, 0.1) is 0 Å². The zero-order chi connectivity index (χ0) is 16.1. The minimum absolute atomic E-state index is 0. The van der Waals surface area contributed by atoms with E-state index in [0.717, 1.165) is 30.4 Å². The normalized spacial score (nSPS) is 14.9. The first-order chi connectivity index (χ1) is 10.5. The predicted molar refractivity (Wildman–Crippen MR) is 104 cm³/mol. The molecule has 1 saturated heterocycles. The molecule has 6 nitrogen and oxygen atoms in total. The Bertz CT molecular complexity index is 566. The van der Waals surface area contributed by atoms with Crippen LogP contribution in [0.5, 0.6) is 0 Å². The number of piperidine rings is 1. The summed E-state index contributed by atoms with van der Waals surface area (Å²) in [5.74, 6) is -0.125. The smallest absolute Gasteiger partial charge is 0.253 e. The third-order valence-corrected chi connectivity index (χ3v) is 4.32. The number of hydrogen-bond acceptors (Lipinski definition) is 4. The molecule has 1 aliphatic rings. The maximum Gasteiger partial charge on any atom is 0.253 e. The summed E-state index contributed by atoms with van der Waals surface area (Å²) in [6, 6.07) is 5.37. The fourth-order valence-electron chi connectivity index (χ4n) is 2.52. The van der Waals surface area contributed by atoms with E-state index in [1.165, 1.54) is 0 Å². The highest BCUT2D eigenvalue weighted by Gasteiger charge is 2.22. The molecular weight excluding hydrogens is 419 g/mol. The lowest BCUT2D eigenvalue weighted by Crippen LogP contribution is -2.47. The molecule has 9 heteroatoms. The number of likely N-dealkylation sites (tertiary alicyclic amines) is 1. The number of rotatable bonds is 4. The Morgan fingerprint density at radius 2 is 1.92 bits per heavy atom. The third kappa shape index (κ3) is 6.47. The predicted octanol–water partition coefficient (Wildman–Crippen LogP) is 1.82. The van der Waals surface area contributed by atoms with Crippen molar-refractivity contribution in [3.63, 3.8) is 0 Å². The number of hydrogen-bond donors (Lipinski definition) is 3. The molecule has 4 N–H and O–H groups in total. The molecule has 0 bridgehead atoms. The maximum atomic E-state index is 12.3. The van der Waals surface area contributed by atoms with Crippen molar-refractivity contribution in [3.05, 3.63) is 28.2 Å². The van der Waals surface area contributed by atoms with E-state index in [0.29, 0.717) is 17.8 Å². The maximum absolute atomic E-state index is 12.3. The number of anilines is 1. The minimum Gasteiger partial charge on any atom is -0.398 e. The Morgan fingerprint density at radius 1 is 1.29 bits per heavy atom. The lowest BCUT2D eigenvalue weighted by Gasteiger charge is -2.31. The number of likely N-dealkylation sites (N-methyl/N-ethyl adjacent to an activating group) is 1. The number of carbonyl (C=O) groups excluding carboxylic acids is 2. The summed E-state index contributed by atoms with van der Waals surface area (Å²) in [6.07, 6.45) is 1.67. The van der Waals surface area contributed by atoms with Crippen molar-refractivity contribution in [2.75, 3.05) is 32.4 Å². The number of nitrogen functional groups attached to an aromatic ring is 1. The third-order valence-electron chi connectivity index (χ3n) is 3.83. The largest absolute Gasteiger partial charge is 0.398 e. The first-order valence-corrected chi connectivity index (χ1v) is 8.07. The van der Waals surface area contributed by atoms with Gasteiger partial charge in [0, 0.05) is 36.3 Å². The number of nitrogens with zero attached hydrogens (tertiary/aromatic N) is 1. The van der Waals surface area contributed by atoms with Crippen LogP contribution < -0.4 is 16.4 Å². The monoisotopic (exact) mass is 440 g/mol. The quantitative estimate of drug-likeness (QED) is 0.622. The van der Waals surface area contributed by atoms with Gasteiger partial charge in [-0.2, -0.15) is 0 Å². The molecule has 0 unspecified atom stereocenters. The van der Waals surface area contributed by atoms with Gasteiger partial charge in [-0.15, -0.1) is 24.8 Å². The fraction of sp³-hybridized carbons (Fsp3) is 0.467. The SMILES string of the molecule is CNC(=O)CN1CCC(NC(=O)c2ccc(Br)cc2N)CC1.Cl.Cl. The Kier molecular flexibility index (Phi) is 10.3. The van der Waals surface area contributed by atoms with Gasteiger partial charge in [-0.1, -0.05) is 15.9 Å². The molecule has 2 amide bonds. The molecule has 0 aromatic heterocycles. The number of carbonyl (C=O) groups is 2. The van der Waals surface area contributed by atoms with Crippen LogP contribution in [-0.2, 0) is 4.79 Å². The van der Waals surface area contributed by atoms with E-state index >= 15 is 0 Å². The highest BCUT2D eigenvalue weighted by Crippen LogP contribution is 2.19. The number of amides is 2. The van der Waals surface area contributed by atoms with Crippen LogP contribution in [0.2, 0.25) is 0 Å². The highest BCUT2D eigenvalue weighted by molar-refractivity contribution is 9.10. The van der Waals surface area contributed by atoms with Crippen molar-refractivity contribution in [3.8, 4) is 0 Å².